The van der Waals surface area contributed by atoms with E-state index in [1.165, 1.54) is 32.1 Å². The van der Waals surface area contributed by atoms with Crippen LogP contribution in [-0.2, 0) is 4.79 Å². The molecule has 0 aliphatic heterocycles. The van der Waals surface area contributed by atoms with E-state index in [1.807, 2.05) is 11.9 Å². The van der Waals surface area contributed by atoms with Gasteiger partial charge in [0.2, 0.25) is 5.91 Å². The van der Waals surface area contributed by atoms with E-state index in [4.69, 9.17) is 5.73 Å². The smallest absolute Gasteiger partial charge is 0.222 e. The molecule has 1 amide bonds. The molecule has 116 valence electrons. The normalized spacial score (nSPS) is 29.1. The van der Waals surface area contributed by atoms with Crippen LogP contribution in [0.3, 0.4) is 0 Å². The molecule has 0 radical (unpaired) electrons. The summed E-state index contributed by atoms with van der Waals surface area (Å²) < 4.78 is 0. The van der Waals surface area contributed by atoms with Gasteiger partial charge in [0.25, 0.3) is 0 Å². The maximum Gasteiger partial charge on any atom is 0.222 e. The van der Waals surface area contributed by atoms with Gasteiger partial charge in [0.1, 0.15) is 0 Å². The van der Waals surface area contributed by atoms with E-state index < -0.39 is 0 Å². The lowest BCUT2D eigenvalue weighted by molar-refractivity contribution is -0.134. The number of hydrogen-bond acceptors (Lipinski definition) is 3. The summed E-state index contributed by atoms with van der Waals surface area (Å²) in [5.74, 6) is 0.677. The van der Waals surface area contributed by atoms with Crippen molar-refractivity contribution >= 4 is 5.91 Å². The summed E-state index contributed by atoms with van der Waals surface area (Å²) in [7, 11) is 6.23. The van der Waals surface area contributed by atoms with E-state index in [0.717, 1.165) is 19.4 Å². The fourth-order valence-corrected chi connectivity index (χ4v) is 3.73. The molecule has 2 N–H and O–H groups in total. The minimum Gasteiger partial charge on any atom is -0.344 e. The predicted octanol–water partition coefficient (Wildman–Crippen LogP) is 1.84. The van der Waals surface area contributed by atoms with Gasteiger partial charge in [-0.3, -0.25) is 4.79 Å². The quantitative estimate of drug-likeness (QED) is 0.836. The zero-order valence-corrected chi connectivity index (χ0v) is 13.4. The minimum absolute atomic E-state index is 0.221. The molecule has 0 bridgehead atoms. The Morgan fingerprint density at radius 1 is 1.15 bits per heavy atom. The first-order chi connectivity index (χ1) is 9.44. The van der Waals surface area contributed by atoms with E-state index in [9.17, 15) is 4.79 Å². The molecule has 0 aromatic carbocycles. The van der Waals surface area contributed by atoms with E-state index in [-0.39, 0.29) is 17.5 Å². The summed E-state index contributed by atoms with van der Waals surface area (Å²) in [4.78, 5) is 16.7. The molecule has 2 rings (SSSR count). The van der Waals surface area contributed by atoms with Crippen LogP contribution in [0.5, 0.6) is 0 Å². The summed E-state index contributed by atoms with van der Waals surface area (Å²) in [6.07, 6.45) is 9.02. The van der Waals surface area contributed by atoms with Crippen molar-refractivity contribution in [3.8, 4) is 0 Å². The van der Waals surface area contributed by atoms with Crippen molar-refractivity contribution in [1.29, 1.82) is 0 Å². The van der Waals surface area contributed by atoms with E-state index in [0.29, 0.717) is 12.3 Å². The fraction of sp³-hybridized carbons (Fsp3) is 0.938. The van der Waals surface area contributed by atoms with Gasteiger partial charge in [0, 0.05) is 31.6 Å². The Morgan fingerprint density at radius 2 is 1.80 bits per heavy atom. The Morgan fingerprint density at radius 3 is 2.30 bits per heavy atom. The van der Waals surface area contributed by atoms with Crippen LogP contribution in [0.25, 0.3) is 0 Å². The number of hydrogen-bond donors (Lipinski definition) is 1. The lowest BCUT2D eigenvalue weighted by Gasteiger charge is -2.49. The lowest BCUT2D eigenvalue weighted by Crippen LogP contribution is -2.57. The monoisotopic (exact) mass is 281 g/mol. The van der Waals surface area contributed by atoms with Crippen LogP contribution in [0.1, 0.15) is 51.4 Å². The van der Waals surface area contributed by atoms with Gasteiger partial charge in [-0.2, -0.15) is 0 Å². The first kappa shape index (κ1) is 15.8. The summed E-state index contributed by atoms with van der Waals surface area (Å²) in [6, 6.07) is 0.229. The highest BCUT2D eigenvalue weighted by atomic mass is 16.2. The molecule has 2 aliphatic carbocycles. The third kappa shape index (κ3) is 3.34. The van der Waals surface area contributed by atoms with Crippen molar-refractivity contribution in [2.45, 2.75) is 62.9 Å². The second kappa shape index (κ2) is 6.44. The Kier molecular flexibility index (Phi) is 5.08. The molecule has 2 unspecified atom stereocenters. The van der Waals surface area contributed by atoms with E-state index >= 15 is 0 Å². The van der Waals surface area contributed by atoms with E-state index in [1.54, 1.807) is 0 Å². The summed E-state index contributed by atoms with van der Waals surface area (Å²) in [5, 5.41) is 0. The van der Waals surface area contributed by atoms with Gasteiger partial charge in [-0.15, -0.1) is 0 Å². The maximum atomic E-state index is 12.4. The zero-order chi connectivity index (χ0) is 14.8. The summed E-state index contributed by atoms with van der Waals surface area (Å²) >= 11 is 0. The average Bonchev–Trinajstić information content (AvgIpc) is 2.35. The van der Waals surface area contributed by atoms with Crippen LogP contribution in [0.15, 0.2) is 0 Å². The number of likely N-dealkylation sites (N-methyl/N-ethyl adjacent to an activating group) is 2. The highest BCUT2D eigenvalue weighted by Gasteiger charge is 2.40. The molecular formula is C16H31N3O. The number of carbonyl (C=O) groups excluding carboxylic acids is 1. The van der Waals surface area contributed by atoms with Crippen LogP contribution in [0, 0.1) is 5.92 Å². The van der Waals surface area contributed by atoms with Gasteiger partial charge in [0.05, 0.1) is 0 Å². The third-order valence-corrected chi connectivity index (χ3v) is 5.59. The van der Waals surface area contributed by atoms with Gasteiger partial charge in [-0.1, -0.05) is 12.8 Å². The van der Waals surface area contributed by atoms with Crippen molar-refractivity contribution in [2.24, 2.45) is 11.7 Å². The Hall–Kier alpha value is -0.610. The molecule has 2 fully saturated rings. The molecule has 0 aromatic rings. The molecule has 2 atom stereocenters. The molecule has 0 heterocycles. The van der Waals surface area contributed by atoms with Crippen molar-refractivity contribution in [3.05, 3.63) is 0 Å². The van der Waals surface area contributed by atoms with Gasteiger partial charge in [-0.25, -0.2) is 0 Å². The van der Waals surface area contributed by atoms with Crippen molar-refractivity contribution in [2.75, 3.05) is 27.7 Å². The maximum absolute atomic E-state index is 12.4. The standard InChI is InChI=1S/C16H31N3O/c1-18(2)16(9-6-10-16)12-19(3)15(20)11-13-7-4-5-8-14(13)17/h13-14H,4-12,17H2,1-3H3. The molecule has 4 nitrogen and oxygen atoms in total. The molecule has 20 heavy (non-hydrogen) atoms. The third-order valence-electron chi connectivity index (χ3n) is 5.59. The van der Waals surface area contributed by atoms with Crippen molar-refractivity contribution in [1.82, 2.24) is 9.80 Å². The number of carbonyl (C=O) groups is 1. The molecule has 2 saturated carbocycles. The van der Waals surface area contributed by atoms with Gasteiger partial charge in [0.15, 0.2) is 0 Å². The Labute approximate surface area is 123 Å². The Bertz CT molecular complexity index is 339. The highest BCUT2D eigenvalue weighted by molar-refractivity contribution is 5.76. The van der Waals surface area contributed by atoms with Crippen LogP contribution in [0.2, 0.25) is 0 Å². The van der Waals surface area contributed by atoms with E-state index in [2.05, 4.69) is 19.0 Å². The van der Waals surface area contributed by atoms with Crippen molar-refractivity contribution < 1.29 is 4.79 Å². The van der Waals surface area contributed by atoms with Gasteiger partial charge < -0.3 is 15.5 Å². The highest BCUT2D eigenvalue weighted by Crippen LogP contribution is 2.37. The molecule has 2 aliphatic rings. The number of rotatable bonds is 5. The minimum atomic E-state index is 0.221. The first-order valence-electron chi connectivity index (χ1n) is 8.11. The number of nitrogens with zero attached hydrogens (tertiary/aromatic N) is 2. The first-order valence-corrected chi connectivity index (χ1v) is 8.11. The lowest BCUT2D eigenvalue weighted by atomic mass is 9.75. The Balaban J connectivity index is 1.85. The largest absolute Gasteiger partial charge is 0.344 e. The molecule has 0 spiro atoms. The second-order valence-electron chi connectivity index (χ2n) is 7.13. The SMILES string of the molecule is CN(CC1(N(C)C)CCC1)C(=O)CC1CCCCC1N. The molecular weight excluding hydrogens is 250 g/mol. The van der Waals surface area contributed by atoms with Crippen LogP contribution >= 0.6 is 0 Å². The molecule has 0 aromatic heterocycles. The van der Waals surface area contributed by atoms with Gasteiger partial charge in [-0.05, 0) is 52.1 Å². The van der Waals surface area contributed by atoms with Crippen LogP contribution < -0.4 is 5.73 Å². The topological polar surface area (TPSA) is 49.6 Å². The van der Waals surface area contributed by atoms with Crippen molar-refractivity contribution in [3.63, 3.8) is 0 Å². The average molecular weight is 281 g/mol. The second-order valence-corrected chi connectivity index (χ2v) is 7.13. The number of amides is 1. The number of nitrogens with two attached hydrogens (primary N) is 1. The predicted molar refractivity (Wildman–Crippen MR) is 82.5 cm³/mol. The zero-order valence-electron chi connectivity index (χ0n) is 13.4. The van der Waals surface area contributed by atoms with Crippen LogP contribution in [0.4, 0.5) is 0 Å². The molecule has 0 saturated heterocycles. The molecule has 4 heteroatoms. The fourth-order valence-electron chi connectivity index (χ4n) is 3.73. The van der Waals surface area contributed by atoms with Crippen LogP contribution in [-0.4, -0.2) is 55.0 Å². The van der Waals surface area contributed by atoms with Gasteiger partial charge >= 0.3 is 0 Å². The summed E-state index contributed by atoms with van der Waals surface area (Å²) in [6.45, 7) is 0.862. The summed E-state index contributed by atoms with van der Waals surface area (Å²) in [5.41, 5.74) is 6.38.